The first kappa shape index (κ1) is 21.9. The molecule has 2 aromatic rings. The van der Waals surface area contributed by atoms with E-state index in [1.165, 1.54) is 6.07 Å². The van der Waals surface area contributed by atoms with E-state index >= 15 is 0 Å². The standard InChI is InChI=1S/C23H29FN4O2/c1-17-6-5-9-21(18(17)2)26-23(30)16-28-12-10-27(11-13-28)15-22(29)25-14-19-7-3-4-8-20(19)24/h3-9H,10-16H2,1-2H3,(H,25,29)(H,26,30). The number of hydrogen-bond acceptors (Lipinski definition) is 4. The van der Waals surface area contributed by atoms with Crippen molar-refractivity contribution in [1.29, 1.82) is 0 Å². The van der Waals surface area contributed by atoms with E-state index in [9.17, 15) is 14.0 Å². The number of carbonyl (C=O) groups excluding carboxylic acids is 2. The van der Waals surface area contributed by atoms with E-state index < -0.39 is 0 Å². The molecule has 0 aliphatic carbocycles. The van der Waals surface area contributed by atoms with Gasteiger partial charge in [0, 0.05) is 44.0 Å². The maximum atomic E-state index is 13.6. The van der Waals surface area contributed by atoms with Gasteiger partial charge in [0.25, 0.3) is 0 Å². The Morgan fingerprint density at radius 3 is 2.20 bits per heavy atom. The molecule has 6 nitrogen and oxygen atoms in total. The van der Waals surface area contributed by atoms with Crippen molar-refractivity contribution in [1.82, 2.24) is 15.1 Å². The van der Waals surface area contributed by atoms with Gasteiger partial charge in [0.1, 0.15) is 5.82 Å². The predicted molar refractivity (Wildman–Crippen MR) is 116 cm³/mol. The third-order valence-electron chi connectivity index (χ3n) is 5.51. The number of aryl methyl sites for hydroxylation is 1. The third kappa shape index (κ3) is 6.11. The summed E-state index contributed by atoms with van der Waals surface area (Å²) >= 11 is 0. The number of nitrogens with one attached hydrogen (secondary N) is 2. The maximum absolute atomic E-state index is 13.6. The number of hydrogen-bond donors (Lipinski definition) is 2. The minimum Gasteiger partial charge on any atom is -0.351 e. The Morgan fingerprint density at radius 1 is 0.900 bits per heavy atom. The van der Waals surface area contributed by atoms with Crippen molar-refractivity contribution in [3.05, 3.63) is 65.0 Å². The fourth-order valence-corrected chi connectivity index (χ4v) is 3.48. The summed E-state index contributed by atoms with van der Waals surface area (Å²) in [5, 5.41) is 5.76. The monoisotopic (exact) mass is 412 g/mol. The lowest BCUT2D eigenvalue weighted by Gasteiger charge is -2.33. The number of anilines is 1. The molecule has 160 valence electrons. The molecule has 3 rings (SSSR count). The van der Waals surface area contributed by atoms with Gasteiger partial charge in [-0.05, 0) is 37.1 Å². The summed E-state index contributed by atoms with van der Waals surface area (Å²) in [5.41, 5.74) is 3.56. The predicted octanol–water partition coefficient (Wildman–Crippen LogP) is 2.32. The van der Waals surface area contributed by atoms with Gasteiger partial charge in [-0.3, -0.25) is 19.4 Å². The number of halogens is 1. The quantitative estimate of drug-likeness (QED) is 0.733. The van der Waals surface area contributed by atoms with E-state index in [1.54, 1.807) is 18.2 Å². The summed E-state index contributed by atoms with van der Waals surface area (Å²) in [6.07, 6.45) is 0. The molecule has 7 heteroatoms. The molecular weight excluding hydrogens is 383 g/mol. The zero-order valence-electron chi connectivity index (χ0n) is 17.6. The van der Waals surface area contributed by atoms with Crippen LogP contribution in [0.5, 0.6) is 0 Å². The molecular formula is C23H29FN4O2. The summed E-state index contributed by atoms with van der Waals surface area (Å²) in [6.45, 7) is 7.69. The second-order valence-corrected chi connectivity index (χ2v) is 7.72. The van der Waals surface area contributed by atoms with Crippen LogP contribution in [-0.2, 0) is 16.1 Å². The molecule has 0 atom stereocenters. The van der Waals surface area contributed by atoms with Crippen molar-refractivity contribution >= 4 is 17.5 Å². The number of piperazine rings is 1. The first-order valence-corrected chi connectivity index (χ1v) is 10.2. The van der Waals surface area contributed by atoms with E-state index in [2.05, 4.69) is 20.4 Å². The van der Waals surface area contributed by atoms with Crippen LogP contribution in [0.3, 0.4) is 0 Å². The molecule has 2 N–H and O–H groups in total. The van der Waals surface area contributed by atoms with E-state index in [4.69, 9.17) is 0 Å². The van der Waals surface area contributed by atoms with Crippen LogP contribution in [0.2, 0.25) is 0 Å². The van der Waals surface area contributed by atoms with Crippen LogP contribution in [0.25, 0.3) is 0 Å². The summed E-state index contributed by atoms with van der Waals surface area (Å²) in [5.74, 6) is -0.468. The van der Waals surface area contributed by atoms with Crippen LogP contribution in [0.15, 0.2) is 42.5 Å². The van der Waals surface area contributed by atoms with E-state index in [0.717, 1.165) is 29.9 Å². The Morgan fingerprint density at radius 2 is 1.53 bits per heavy atom. The molecule has 2 aromatic carbocycles. The largest absolute Gasteiger partial charge is 0.351 e. The summed E-state index contributed by atoms with van der Waals surface area (Å²) in [7, 11) is 0. The Kier molecular flexibility index (Phi) is 7.54. The van der Waals surface area contributed by atoms with Crippen molar-refractivity contribution in [3.8, 4) is 0 Å². The Hall–Kier alpha value is -2.77. The van der Waals surface area contributed by atoms with Crippen molar-refractivity contribution < 1.29 is 14.0 Å². The summed E-state index contributed by atoms with van der Waals surface area (Å²) in [4.78, 5) is 28.7. The lowest BCUT2D eigenvalue weighted by Crippen LogP contribution is -2.50. The molecule has 0 radical (unpaired) electrons. The zero-order valence-corrected chi connectivity index (χ0v) is 17.6. The Bertz CT molecular complexity index is 895. The fraction of sp³-hybridized carbons (Fsp3) is 0.391. The second kappa shape index (κ2) is 10.3. The molecule has 0 aromatic heterocycles. The normalized spacial score (nSPS) is 15.0. The number of rotatable bonds is 7. The van der Waals surface area contributed by atoms with Gasteiger partial charge in [-0.2, -0.15) is 0 Å². The third-order valence-corrected chi connectivity index (χ3v) is 5.51. The van der Waals surface area contributed by atoms with Crippen LogP contribution >= 0.6 is 0 Å². The van der Waals surface area contributed by atoms with E-state index in [0.29, 0.717) is 25.2 Å². The lowest BCUT2D eigenvalue weighted by molar-refractivity contribution is -0.123. The van der Waals surface area contributed by atoms with Gasteiger partial charge < -0.3 is 10.6 Å². The van der Waals surface area contributed by atoms with Crippen LogP contribution in [0.1, 0.15) is 16.7 Å². The van der Waals surface area contributed by atoms with Crippen LogP contribution < -0.4 is 10.6 Å². The molecule has 1 aliphatic heterocycles. The van der Waals surface area contributed by atoms with Gasteiger partial charge in [-0.15, -0.1) is 0 Å². The molecule has 0 unspecified atom stereocenters. The van der Waals surface area contributed by atoms with Crippen molar-refractivity contribution in [2.45, 2.75) is 20.4 Å². The van der Waals surface area contributed by atoms with Crippen LogP contribution in [0.4, 0.5) is 10.1 Å². The highest BCUT2D eigenvalue weighted by Gasteiger charge is 2.21. The lowest BCUT2D eigenvalue weighted by atomic mass is 10.1. The molecule has 1 heterocycles. The minimum atomic E-state index is -0.314. The van der Waals surface area contributed by atoms with Gasteiger partial charge in [0.05, 0.1) is 13.1 Å². The zero-order chi connectivity index (χ0) is 21.5. The van der Waals surface area contributed by atoms with Crippen LogP contribution in [0, 0.1) is 19.7 Å². The Labute approximate surface area is 177 Å². The fourth-order valence-electron chi connectivity index (χ4n) is 3.48. The average Bonchev–Trinajstić information content (AvgIpc) is 2.72. The molecule has 1 saturated heterocycles. The number of amides is 2. The molecule has 0 saturated carbocycles. The van der Waals surface area contributed by atoms with Crippen molar-refractivity contribution in [3.63, 3.8) is 0 Å². The summed E-state index contributed by atoms with van der Waals surface area (Å²) in [6, 6.07) is 12.3. The van der Waals surface area contributed by atoms with E-state index in [-0.39, 0.29) is 30.7 Å². The van der Waals surface area contributed by atoms with Gasteiger partial charge in [0.15, 0.2) is 0 Å². The van der Waals surface area contributed by atoms with Gasteiger partial charge >= 0.3 is 0 Å². The van der Waals surface area contributed by atoms with Gasteiger partial charge in [-0.1, -0.05) is 30.3 Å². The number of nitrogens with zero attached hydrogens (tertiary/aromatic N) is 2. The van der Waals surface area contributed by atoms with Crippen LogP contribution in [-0.4, -0.2) is 60.9 Å². The topological polar surface area (TPSA) is 64.7 Å². The Balaban J connectivity index is 1.38. The first-order chi connectivity index (χ1) is 14.4. The first-order valence-electron chi connectivity index (χ1n) is 10.2. The highest BCUT2D eigenvalue weighted by Crippen LogP contribution is 2.18. The highest BCUT2D eigenvalue weighted by atomic mass is 19.1. The molecule has 0 spiro atoms. The van der Waals surface area contributed by atoms with Gasteiger partial charge in [0.2, 0.25) is 11.8 Å². The van der Waals surface area contributed by atoms with E-state index in [1.807, 2.05) is 32.0 Å². The summed E-state index contributed by atoms with van der Waals surface area (Å²) < 4.78 is 13.6. The van der Waals surface area contributed by atoms with Gasteiger partial charge in [-0.25, -0.2) is 4.39 Å². The smallest absolute Gasteiger partial charge is 0.238 e. The number of benzene rings is 2. The molecule has 1 aliphatic rings. The molecule has 2 amide bonds. The van der Waals surface area contributed by atoms with Crippen molar-refractivity contribution in [2.75, 3.05) is 44.6 Å². The molecule has 1 fully saturated rings. The highest BCUT2D eigenvalue weighted by molar-refractivity contribution is 5.93. The minimum absolute atomic E-state index is 0.0280. The molecule has 0 bridgehead atoms. The number of carbonyl (C=O) groups is 2. The van der Waals surface area contributed by atoms with Crippen molar-refractivity contribution in [2.24, 2.45) is 0 Å². The second-order valence-electron chi connectivity index (χ2n) is 7.72. The maximum Gasteiger partial charge on any atom is 0.238 e. The SMILES string of the molecule is Cc1cccc(NC(=O)CN2CCN(CC(=O)NCc3ccccc3F)CC2)c1C. The average molecular weight is 413 g/mol. The molecule has 30 heavy (non-hydrogen) atoms.